The Hall–Kier alpha value is -2.74. The largest absolute Gasteiger partial charge is 0.278 e. The van der Waals surface area contributed by atoms with E-state index in [0.29, 0.717) is 11.3 Å². The van der Waals surface area contributed by atoms with E-state index in [0.717, 1.165) is 16.2 Å². The maximum Gasteiger partial charge on any atom is 0.278 e. The molecule has 0 fully saturated rings. The van der Waals surface area contributed by atoms with Crippen LogP contribution >= 0.6 is 0 Å². The number of hydrogen-bond acceptors (Lipinski definition) is 5. The van der Waals surface area contributed by atoms with Gasteiger partial charge in [0.1, 0.15) is 0 Å². The average Bonchev–Trinajstić information content (AvgIpc) is 3.01. The lowest BCUT2D eigenvalue weighted by atomic mass is 9.98. The molecule has 0 aromatic heterocycles. The van der Waals surface area contributed by atoms with Crippen LogP contribution in [0, 0.1) is 10.1 Å². The fourth-order valence-electron chi connectivity index (χ4n) is 2.76. The molecule has 0 saturated carbocycles. The van der Waals surface area contributed by atoms with Crippen molar-refractivity contribution in [3.8, 4) is 0 Å². The minimum atomic E-state index is -3.60. The molecular weight excluding hydrogens is 330 g/mol. The summed E-state index contributed by atoms with van der Waals surface area (Å²) in [6, 6.07) is 14.8. The lowest BCUT2D eigenvalue weighted by molar-refractivity contribution is -0.385. The average molecular weight is 345 g/mol. The van der Waals surface area contributed by atoms with Gasteiger partial charge >= 0.3 is 0 Å². The van der Waals surface area contributed by atoms with E-state index in [1.165, 1.54) is 6.07 Å². The molecule has 3 rings (SSSR count). The number of nitro groups is 1. The Morgan fingerprint density at radius 3 is 2.38 bits per heavy atom. The van der Waals surface area contributed by atoms with Gasteiger partial charge in [-0.1, -0.05) is 42.5 Å². The first-order chi connectivity index (χ1) is 11.4. The Morgan fingerprint density at radius 2 is 1.75 bits per heavy atom. The minimum absolute atomic E-state index is 0.0848. The van der Waals surface area contributed by atoms with Crippen LogP contribution in [0.3, 0.4) is 0 Å². The Bertz CT molecular complexity index is 910. The molecule has 0 bridgehead atoms. The third-order valence-corrected chi connectivity index (χ3v) is 4.82. The van der Waals surface area contributed by atoms with Crippen molar-refractivity contribution in [2.24, 2.45) is 5.10 Å². The van der Waals surface area contributed by atoms with E-state index in [2.05, 4.69) is 5.10 Å². The Kier molecular flexibility index (Phi) is 4.06. The lowest BCUT2D eigenvalue weighted by Crippen LogP contribution is -2.25. The highest BCUT2D eigenvalue weighted by atomic mass is 32.2. The van der Waals surface area contributed by atoms with Crippen LogP contribution in [0.25, 0.3) is 0 Å². The molecule has 1 heterocycles. The quantitative estimate of drug-likeness (QED) is 0.629. The summed E-state index contributed by atoms with van der Waals surface area (Å²) in [6.07, 6.45) is 1.36. The van der Waals surface area contributed by atoms with E-state index in [1.807, 2.05) is 30.3 Å². The van der Waals surface area contributed by atoms with Gasteiger partial charge in [-0.05, 0) is 11.6 Å². The van der Waals surface area contributed by atoms with Crippen LogP contribution in [0.5, 0.6) is 0 Å². The standard InChI is InChI=1S/C16H15N3O4S/c1-24(22,23)18-16(12-7-3-2-4-8-12)11-14(17-18)13-9-5-6-10-15(13)19(20)21/h2-10,16H,11H2,1H3/t16-/m0/s1. The molecule has 1 atom stereocenters. The predicted molar refractivity (Wildman–Crippen MR) is 90.1 cm³/mol. The zero-order valence-corrected chi connectivity index (χ0v) is 13.7. The minimum Gasteiger partial charge on any atom is -0.258 e. The van der Waals surface area contributed by atoms with Crippen LogP contribution in [0.1, 0.15) is 23.6 Å². The molecule has 124 valence electrons. The summed E-state index contributed by atoms with van der Waals surface area (Å²) < 4.78 is 25.2. The van der Waals surface area contributed by atoms with Gasteiger partial charge in [0, 0.05) is 12.5 Å². The van der Waals surface area contributed by atoms with E-state index in [1.54, 1.807) is 18.2 Å². The first-order valence-corrected chi connectivity index (χ1v) is 9.08. The van der Waals surface area contributed by atoms with Crippen LogP contribution in [-0.2, 0) is 10.0 Å². The fourth-order valence-corrected chi connectivity index (χ4v) is 3.66. The zero-order chi connectivity index (χ0) is 17.3. The molecule has 2 aromatic rings. The Balaban J connectivity index is 2.07. The van der Waals surface area contributed by atoms with Crippen LogP contribution in [0.15, 0.2) is 59.7 Å². The Labute approximate surface area is 139 Å². The predicted octanol–water partition coefficient (Wildman–Crippen LogP) is 2.71. The van der Waals surface area contributed by atoms with Crippen LogP contribution in [0.4, 0.5) is 5.69 Å². The summed E-state index contributed by atoms with van der Waals surface area (Å²) in [7, 11) is -3.60. The van der Waals surface area contributed by atoms with Crippen molar-refractivity contribution in [2.75, 3.05) is 6.26 Å². The van der Waals surface area contributed by atoms with Crippen LogP contribution in [-0.4, -0.2) is 29.7 Å². The van der Waals surface area contributed by atoms with Gasteiger partial charge in [-0.25, -0.2) is 8.42 Å². The highest BCUT2D eigenvalue weighted by Gasteiger charge is 2.36. The van der Waals surface area contributed by atoms with Crippen LogP contribution < -0.4 is 0 Å². The molecule has 1 aliphatic heterocycles. The van der Waals surface area contributed by atoms with Crippen LogP contribution in [0.2, 0.25) is 0 Å². The monoisotopic (exact) mass is 345 g/mol. The second-order valence-corrected chi connectivity index (χ2v) is 7.33. The Morgan fingerprint density at radius 1 is 1.12 bits per heavy atom. The van der Waals surface area contributed by atoms with Gasteiger partial charge in [-0.2, -0.15) is 9.52 Å². The highest BCUT2D eigenvalue weighted by Crippen LogP contribution is 2.36. The summed E-state index contributed by atoms with van der Waals surface area (Å²) >= 11 is 0. The molecule has 7 nitrogen and oxygen atoms in total. The lowest BCUT2D eigenvalue weighted by Gasteiger charge is -2.21. The van der Waals surface area contributed by atoms with Crippen molar-refractivity contribution in [3.05, 3.63) is 75.8 Å². The number of hydrogen-bond donors (Lipinski definition) is 0. The fraction of sp³-hybridized carbons (Fsp3) is 0.188. The van der Waals surface area contributed by atoms with Gasteiger partial charge in [0.25, 0.3) is 5.69 Å². The van der Waals surface area contributed by atoms with E-state index >= 15 is 0 Å². The summed E-state index contributed by atoms with van der Waals surface area (Å²) in [6.45, 7) is 0. The van der Waals surface area contributed by atoms with Gasteiger partial charge in [-0.3, -0.25) is 10.1 Å². The molecule has 24 heavy (non-hydrogen) atoms. The topological polar surface area (TPSA) is 92.9 Å². The summed E-state index contributed by atoms with van der Waals surface area (Å²) in [5.41, 5.74) is 1.44. The van der Waals surface area contributed by atoms with Crippen molar-refractivity contribution < 1.29 is 13.3 Å². The van der Waals surface area contributed by atoms with E-state index in [-0.39, 0.29) is 12.1 Å². The molecule has 1 aliphatic rings. The van der Waals surface area contributed by atoms with Gasteiger partial charge < -0.3 is 0 Å². The second-order valence-electron chi connectivity index (χ2n) is 5.49. The first-order valence-electron chi connectivity index (χ1n) is 7.23. The smallest absolute Gasteiger partial charge is 0.258 e. The molecule has 8 heteroatoms. The number of nitro benzene ring substituents is 1. The molecule has 0 N–H and O–H groups in total. The number of para-hydroxylation sites is 1. The number of hydrazone groups is 1. The van der Waals surface area contributed by atoms with Crippen molar-refractivity contribution >= 4 is 21.4 Å². The molecule has 2 aromatic carbocycles. The normalized spacial score (nSPS) is 17.6. The third-order valence-electron chi connectivity index (χ3n) is 3.81. The maximum atomic E-state index is 12.1. The summed E-state index contributed by atoms with van der Waals surface area (Å²) in [5.74, 6) is 0. The van der Waals surface area contributed by atoms with Gasteiger partial charge in [0.2, 0.25) is 10.0 Å². The van der Waals surface area contributed by atoms with Crippen molar-refractivity contribution in [1.82, 2.24) is 4.41 Å². The van der Waals surface area contributed by atoms with Crippen molar-refractivity contribution in [1.29, 1.82) is 0 Å². The number of nitrogens with zero attached hydrogens (tertiary/aromatic N) is 3. The molecular formula is C16H15N3O4S. The highest BCUT2D eigenvalue weighted by molar-refractivity contribution is 7.88. The number of benzene rings is 2. The third kappa shape index (κ3) is 3.00. The summed E-state index contributed by atoms with van der Waals surface area (Å²) in [4.78, 5) is 10.7. The summed E-state index contributed by atoms with van der Waals surface area (Å²) in [5, 5.41) is 15.4. The van der Waals surface area contributed by atoms with Crippen molar-refractivity contribution in [2.45, 2.75) is 12.5 Å². The van der Waals surface area contributed by atoms with Gasteiger partial charge in [-0.15, -0.1) is 0 Å². The van der Waals surface area contributed by atoms with E-state index in [4.69, 9.17) is 0 Å². The van der Waals surface area contributed by atoms with E-state index < -0.39 is 21.0 Å². The maximum absolute atomic E-state index is 12.1. The van der Waals surface area contributed by atoms with Gasteiger partial charge in [0.15, 0.2) is 0 Å². The molecule has 0 unspecified atom stereocenters. The number of rotatable bonds is 4. The van der Waals surface area contributed by atoms with Gasteiger partial charge in [0.05, 0.1) is 28.5 Å². The first kappa shape index (κ1) is 16.1. The molecule has 0 radical (unpaired) electrons. The number of sulfonamides is 1. The molecule has 0 aliphatic carbocycles. The SMILES string of the molecule is CS(=O)(=O)N1N=C(c2ccccc2[N+](=O)[O-])C[C@H]1c1ccccc1. The molecule has 0 saturated heterocycles. The molecule has 0 spiro atoms. The van der Waals surface area contributed by atoms with Crippen molar-refractivity contribution in [3.63, 3.8) is 0 Å². The van der Waals surface area contributed by atoms with E-state index in [9.17, 15) is 18.5 Å². The molecule has 0 amide bonds. The second kappa shape index (κ2) is 6.04. The zero-order valence-electron chi connectivity index (χ0n) is 12.9.